The quantitative estimate of drug-likeness (QED) is 0.566. The lowest BCUT2D eigenvalue weighted by molar-refractivity contribution is 0.732. The summed E-state index contributed by atoms with van der Waals surface area (Å²) in [5, 5.41) is 2.20. The molecule has 2 aromatic carbocycles. The molecule has 4 nitrogen and oxygen atoms in total. The van der Waals surface area contributed by atoms with E-state index in [2.05, 4.69) is 9.97 Å². The fourth-order valence-electron chi connectivity index (χ4n) is 2.61. The molecule has 112 valence electrons. The Kier molecular flexibility index (Phi) is 3.32. The molecule has 0 unspecified atom stereocenters. The number of para-hydroxylation sites is 1. The maximum atomic E-state index is 12.6. The molecule has 0 bridgehead atoms. The number of fused-ring (bicyclic) bond motifs is 2. The van der Waals surface area contributed by atoms with Crippen molar-refractivity contribution in [2.24, 2.45) is 0 Å². The summed E-state index contributed by atoms with van der Waals surface area (Å²) in [6.45, 7) is 0.384. The first-order chi connectivity index (χ1) is 11.2. The van der Waals surface area contributed by atoms with E-state index in [1.165, 1.54) is 6.33 Å². The molecular formula is C18H12ClN3O. The van der Waals surface area contributed by atoms with Gasteiger partial charge >= 0.3 is 0 Å². The molecule has 0 fully saturated rings. The van der Waals surface area contributed by atoms with Crippen molar-refractivity contribution in [3.63, 3.8) is 0 Å². The number of hydrogen-bond acceptors (Lipinski definition) is 3. The second-order valence-electron chi connectivity index (χ2n) is 5.33. The van der Waals surface area contributed by atoms with Gasteiger partial charge in [0, 0.05) is 10.4 Å². The summed E-state index contributed by atoms with van der Waals surface area (Å²) < 4.78 is 1.56. The summed E-state index contributed by atoms with van der Waals surface area (Å²) in [6.07, 6.45) is 1.54. The van der Waals surface area contributed by atoms with Crippen LogP contribution in [0.25, 0.3) is 21.8 Å². The smallest absolute Gasteiger partial charge is 0.261 e. The molecule has 0 aliphatic rings. The first kappa shape index (κ1) is 13.9. The van der Waals surface area contributed by atoms with Gasteiger partial charge in [0.1, 0.15) is 0 Å². The number of pyridine rings is 1. The summed E-state index contributed by atoms with van der Waals surface area (Å²) in [5.41, 5.74) is 2.24. The Morgan fingerprint density at radius 3 is 2.78 bits per heavy atom. The van der Waals surface area contributed by atoms with Crippen molar-refractivity contribution in [2.45, 2.75) is 6.54 Å². The van der Waals surface area contributed by atoms with Gasteiger partial charge in [-0.15, -0.1) is 0 Å². The van der Waals surface area contributed by atoms with Crippen molar-refractivity contribution in [1.82, 2.24) is 14.5 Å². The zero-order chi connectivity index (χ0) is 15.8. The van der Waals surface area contributed by atoms with E-state index in [9.17, 15) is 4.79 Å². The first-order valence-corrected chi connectivity index (χ1v) is 7.58. The van der Waals surface area contributed by atoms with E-state index in [1.54, 1.807) is 22.8 Å². The predicted molar refractivity (Wildman–Crippen MR) is 91.9 cm³/mol. The highest BCUT2D eigenvalue weighted by molar-refractivity contribution is 6.31. The minimum absolute atomic E-state index is 0.0957. The van der Waals surface area contributed by atoms with Crippen LogP contribution in [0, 0.1) is 0 Å². The lowest BCUT2D eigenvalue weighted by atomic mass is 10.2. The first-order valence-electron chi connectivity index (χ1n) is 7.20. The average Bonchev–Trinajstić information content (AvgIpc) is 2.57. The molecule has 5 heteroatoms. The number of halogens is 1. The second kappa shape index (κ2) is 5.48. The number of hydrogen-bond donors (Lipinski definition) is 0. The van der Waals surface area contributed by atoms with Crippen molar-refractivity contribution in [1.29, 1.82) is 0 Å². The number of aromatic nitrogens is 3. The monoisotopic (exact) mass is 321 g/mol. The highest BCUT2D eigenvalue weighted by Gasteiger charge is 2.06. The minimum Gasteiger partial charge on any atom is -0.293 e. The van der Waals surface area contributed by atoms with E-state index in [0.29, 0.717) is 22.5 Å². The SMILES string of the molecule is O=c1c2ccc(Cl)cc2ncn1Cc1ccc2ccccc2n1. The Labute approximate surface area is 137 Å². The van der Waals surface area contributed by atoms with E-state index >= 15 is 0 Å². The third kappa shape index (κ3) is 2.58. The van der Waals surface area contributed by atoms with E-state index in [4.69, 9.17) is 11.6 Å². The molecule has 0 N–H and O–H groups in total. The van der Waals surface area contributed by atoms with Crippen molar-refractivity contribution in [3.05, 3.63) is 82.0 Å². The third-order valence-electron chi connectivity index (χ3n) is 3.78. The summed E-state index contributed by atoms with van der Waals surface area (Å²) in [6, 6.07) is 16.9. The molecule has 4 rings (SSSR count). The summed E-state index contributed by atoms with van der Waals surface area (Å²) in [4.78, 5) is 21.5. The van der Waals surface area contributed by atoms with Crippen molar-refractivity contribution >= 4 is 33.4 Å². The molecule has 0 spiro atoms. The van der Waals surface area contributed by atoms with E-state index in [-0.39, 0.29) is 5.56 Å². The largest absolute Gasteiger partial charge is 0.293 e. The van der Waals surface area contributed by atoms with Crippen LogP contribution >= 0.6 is 11.6 Å². The van der Waals surface area contributed by atoms with Gasteiger partial charge in [-0.2, -0.15) is 0 Å². The summed E-state index contributed by atoms with van der Waals surface area (Å²) in [5.74, 6) is 0. The molecule has 4 aromatic rings. The molecule has 0 atom stereocenters. The van der Waals surface area contributed by atoms with Crippen LogP contribution < -0.4 is 5.56 Å². The Morgan fingerprint density at radius 2 is 1.87 bits per heavy atom. The summed E-state index contributed by atoms with van der Waals surface area (Å²) >= 11 is 5.94. The van der Waals surface area contributed by atoms with Crippen LogP contribution in [0.3, 0.4) is 0 Å². The van der Waals surface area contributed by atoms with Crippen LogP contribution in [0.2, 0.25) is 5.02 Å². The zero-order valence-electron chi connectivity index (χ0n) is 12.1. The van der Waals surface area contributed by atoms with Crippen LogP contribution in [0.5, 0.6) is 0 Å². The molecule has 0 saturated heterocycles. The molecule has 0 radical (unpaired) electrons. The number of benzene rings is 2. The van der Waals surface area contributed by atoms with Crippen LogP contribution in [-0.4, -0.2) is 14.5 Å². The molecular weight excluding hydrogens is 310 g/mol. The molecule has 2 heterocycles. The highest BCUT2D eigenvalue weighted by atomic mass is 35.5. The molecule has 0 saturated carbocycles. The maximum absolute atomic E-state index is 12.6. The fourth-order valence-corrected chi connectivity index (χ4v) is 2.78. The van der Waals surface area contributed by atoms with Gasteiger partial charge in [-0.1, -0.05) is 35.9 Å². The molecule has 23 heavy (non-hydrogen) atoms. The predicted octanol–water partition coefficient (Wildman–Crippen LogP) is 3.65. The average molecular weight is 322 g/mol. The standard InChI is InChI=1S/C18H12ClN3O/c19-13-6-8-15-17(9-13)20-11-22(18(15)23)10-14-7-5-12-3-1-2-4-16(12)21-14/h1-9,11H,10H2. The minimum atomic E-state index is -0.0957. The van der Waals surface area contributed by atoms with Crippen LogP contribution in [0.15, 0.2) is 65.7 Å². The molecule has 0 aliphatic carbocycles. The molecule has 0 amide bonds. The Morgan fingerprint density at radius 1 is 1.00 bits per heavy atom. The van der Waals surface area contributed by atoms with Gasteiger partial charge in [-0.05, 0) is 30.3 Å². The number of nitrogens with zero attached hydrogens (tertiary/aromatic N) is 3. The second-order valence-corrected chi connectivity index (χ2v) is 5.77. The lowest BCUT2D eigenvalue weighted by Crippen LogP contribution is -2.21. The van der Waals surface area contributed by atoms with Gasteiger partial charge in [-0.25, -0.2) is 4.98 Å². The third-order valence-corrected chi connectivity index (χ3v) is 4.01. The lowest BCUT2D eigenvalue weighted by Gasteiger charge is -2.07. The van der Waals surface area contributed by atoms with Gasteiger partial charge in [0.2, 0.25) is 0 Å². The van der Waals surface area contributed by atoms with Crippen LogP contribution in [-0.2, 0) is 6.54 Å². The van der Waals surface area contributed by atoms with Gasteiger partial charge < -0.3 is 0 Å². The van der Waals surface area contributed by atoms with E-state index < -0.39 is 0 Å². The Balaban J connectivity index is 1.78. The van der Waals surface area contributed by atoms with Gasteiger partial charge in [0.25, 0.3) is 5.56 Å². The Bertz CT molecular complexity index is 1090. The van der Waals surface area contributed by atoms with Crippen molar-refractivity contribution in [2.75, 3.05) is 0 Å². The fraction of sp³-hybridized carbons (Fsp3) is 0.0556. The summed E-state index contributed by atoms with van der Waals surface area (Å²) in [7, 11) is 0. The van der Waals surface area contributed by atoms with Crippen LogP contribution in [0.1, 0.15) is 5.69 Å². The topological polar surface area (TPSA) is 47.8 Å². The van der Waals surface area contributed by atoms with Crippen molar-refractivity contribution in [3.8, 4) is 0 Å². The molecule has 2 aromatic heterocycles. The number of rotatable bonds is 2. The van der Waals surface area contributed by atoms with Gasteiger partial charge in [0.05, 0.1) is 35.0 Å². The molecule has 0 aliphatic heterocycles. The van der Waals surface area contributed by atoms with Gasteiger partial charge in [-0.3, -0.25) is 14.3 Å². The van der Waals surface area contributed by atoms with E-state index in [1.807, 2.05) is 36.4 Å². The zero-order valence-corrected chi connectivity index (χ0v) is 12.9. The van der Waals surface area contributed by atoms with Gasteiger partial charge in [0.15, 0.2) is 0 Å². The normalized spacial score (nSPS) is 11.2. The van der Waals surface area contributed by atoms with Crippen LogP contribution in [0.4, 0.5) is 0 Å². The van der Waals surface area contributed by atoms with E-state index in [0.717, 1.165) is 16.6 Å². The Hall–Kier alpha value is -2.72. The maximum Gasteiger partial charge on any atom is 0.261 e. The van der Waals surface area contributed by atoms with Crippen molar-refractivity contribution < 1.29 is 0 Å². The highest BCUT2D eigenvalue weighted by Crippen LogP contribution is 2.15.